The molecule has 2 heterocycles. The first-order chi connectivity index (χ1) is 10.2. The number of para-hydroxylation sites is 1. The standard InChI is InChI=1S/C16H19N3O2/c17-11-6-12(7-11)19-9-13(21-16(19)20)5-10-8-18-15-4-2-1-3-14(10)15/h1-4,8,11-13,18H,5-7,9,17H2. The predicted molar refractivity (Wildman–Crippen MR) is 80.0 cm³/mol. The van der Waals surface area contributed by atoms with Gasteiger partial charge in [0.2, 0.25) is 0 Å². The molecule has 1 aromatic heterocycles. The van der Waals surface area contributed by atoms with Crippen molar-refractivity contribution >= 4 is 17.0 Å². The van der Waals surface area contributed by atoms with Gasteiger partial charge in [0.05, 0.1) is 6.54 Å². The number of cyclic esters (lactones) is 1. The van der Waals surface area contributed by atoms with Gasteiger partial charge in [-0.1, -0.05) is 18.2 Å². The molecule has 2 aromatic rings. The zero-order valence-corrected chi connectivity index (χ0v) is 11.8. The number of carbonyl (C=O) groups excluding carboxylic acids is 1. The number of H-pyrrole nitrogens is 1. The molecular weight excluding hydrogens is 266 g/mol. The van der Waals surface area contributed by atoms with E-state index in [9.17, 15) is 4.79 Å². The highest BCUT2D eigenvalue weighted by molar-refractivity contribution is 5.83. The Hall–Kier alpha value is -2.01. The lowest BCUT2D eigenvalue weighted by atomic mass is 9.86. The van der Waals surface area contributed by atoms with Gasteiger partial charge in [-0.05, 0) is 24.5 Å². The van der Waals surface area contributed by atoms with Crippen LogP contribution in [0.3, 0.4) is 0 Å². The van der Waals surface area contributed by atoms with Crippen molar-refractivity contribution in [2.45, 2.75) is 37.5 Å². The fourth-order valence-corrected chi connectivity index (χ4v) is 3.38. The van der Waals surface area contributed by atoms with Crippen molar-refractivity contribution in [2.24, 2.45) is 5.73 Å². The summed E-state index contributed by atoms with van der Waals surface area (Å²) >= 11 is 0. The molecule has 0 radical (unpaired) electrons. The van der Waals surface area contributed by atoms with Crippen LogP contribution in [0.15, 0.2) is 30.5 Å². The number of aromatic nitrogens is 1. The zero-order chi connectivity index (χ0) is 14.4. The number of amides is 1. The average Bonchev–Trinajstić information content (AvgIpc) is 3.00. The van der Waals surface area contributed by atoms with Gasteiger partial charge in [0.1, 0.15) is 6.10 Å². The molecule has 5 heteroatoms. The first-order valence-corrected chi connectivity index (χ1v) is 7.48. The Morgan fingerprint density at radius 2 is 2.14 bits per heavy atom. The minimum absolute atomic E-state index is 0.0615. The Morgan fingerprint density at radius 1 is 1.33 bits per heavy atom. The normalized spacial score (nSPS) is 28.7. The second-order valence-electron chi connectivity index (χ2n) is 6.11. The lowest BCUT2D eigenvalue weighted by molar-refractivity contribution is 0.113. The van der Waals surface area contributed by atoms with E-state index in [2.05, 4.69) is 17.1 Å². The number of ether oxygens (including phenoxy) is 1. The fourth-order valence-electron chi connectivity index (χ4n) is 3.38. The first kappa shape index (κ1) is 12.7. The van der Waals surface area contributed by atoms with Gasteiger partial charge in [0, 0.05) is 35.6 Å². The molecule has 1 saturated heterocycles. The van der Waals surface area contributed by atoms with Gasteiger partial charge in [-0.25, -0.2) is 4.79 Å². The van der Waals surface area contributed by atoms with Crippen LogP contribution in [0.25, 0.3) is 10.9 Å². The Bertz CT molecular complexity index is 675. The fraction of sp³-hybridized carbons (Fsp3) is 0.438. The summed E-state index contributed by atoms with van der Waals surface area (Å²) in [6, 6.07) is 8.72. The number of nitrogens with zero attached hydrogens (tertiary/aromatic N) is 1. The molecule has 4 rings (SSSR count). The zero-order valence-electron chi connectivity index (χ0n) is 11.8. The largest absolute Gasteiger partial charge is 0.444 e. The molecule has 110 valence electrons. The highest BCUT2D eigenvalue weighted by Gasteiger charge is 2.41. The highest BCUT2D eigenvalue weighted by Crippen LogP contribution is 2.29. The van der Waals surface area contributed by atoms with E-state index in [1.165, 1.54) is 10.9 Å². The number of hydrogen-bond acceptors (Lipinski definition) is 3. The number of benzene rings is 1. The molecule has 5 nitrogen and oxygen atoms in total. The SMILES string of the molecule is NC1CC(N2CC(Cc3c[nH]c4ccccc34)OC2=O)C1. The molecule has 2 fully saturated rings. The number of hydrogen-bond donors (Lipinski definition) is 2. The third kappa shape index (κ3) is 2.17. The smallest absolute Gasteiger partial charge is 0.410 e. The summed E-state index contributed by atoms with van der Waals surface area (Å²) in [6.45, 7) is 0.676. The van der Waals surface area contributed by atoms with Crippen LogP contribution in [0.4, 0.5) is 4.79 Å². The summed E-state index contributed by atoms with van der Waals surface area (Å²) in [5, 5.41) is 1.21. The van der Waals surface area contributed by atoms with E-state index in [4.69, 9.17) is 10.5 Å². The van der Waals surface area contributed by atoms with Crippen LogP contribution in [0.5, 0.6) is 0 Å². The van der Waals surface area contributed by atoms with Crippen LogP contribution < -0.4 is 5.73 Å². The molecule has 1 unspecified atom stereocenters. The number of nitrogens with one attached hydrogen (secondary N) is 1. The molecule has 1 saturated carbocycles. The topological polar surface area (TPSA) is 71.3 Å². The van der Waals surface area contributed by atoms with Crippen molar-refractivity contribution < 1.29 is 9.53 Å². The third-order valence-electron chi connectivity index (χ3n) is 4.62. The van der Waals surface area contributed by atoms with Gasteiger partial charge >= 0.3 is 6.09 Å². The quantitative estimate of drug-likeness (QED) is 0.906. The minimum Gasteiger partial charge on any atom is -0.444 e. The Kier molecular flexibility index (Phi) is 2.89. The van der Waals surface area contributed by atoms with Gasteiger partial charge in [-0.2, -0.15) is 0 Å². The van der Waals surface area contributed by atoms with Crippen LogP contribution in [0, 0.1) is 0 Å². The van der Waals surface area contributed by atoms with E-state index in [0.717, 1.165) is 24.8 Å². The van der Waals surface area contributed by atoms with Crippen molar-refractivity contribution in [1.29, 1.82) is 0 Å². The molecule has 3 N–H and O–H groups in total. The molecule has 0 bridgehead atoms. The number of fused-ring (bicyclic) bond motifs is 1. The predicted octanol–water partition coefficient (Wildman–Crippen LogP) is 2.02. The molecule has 21 heavy (non-hydrogen) atoms. The van der Waals surface area contributed by atoms with Gasteiger partial charge in [-0.15, -0.1) is 0 Å². The van der Waals surface area contributed by atoms with E-state index < -0.39 is 0 Å². The summed E-state index contributed by atoms with van der Waals surface area (Å²) < 4.78 is 5.52. The summed E-state index contributed by atoms with van der Waals surface area (Å²) in [5.41, 5.74) is 8.13. The summed E-state index contributed by atoms with van der Waals surface area (Å²) in [6.07, 6.45) is 4.32. The van der Waals surface area contributed by atoms with E-state index >= 15 is 0 Å². The molecule has 2 aliphatic rings. The molecular formula is C16H19N3O2. The third-order valence-corrected chi connectivity index (χ3v) is 4.62. The number of aromatic amines is 1. The molecule has 1 aromatic carbocycles. The molecule has 1 amide bonds. The van der Waals surface area contributed by atoms with Gasteiger partial charge in [0.15, 0.2) is 0 Å². The van der Waals surface area contributed by atoms with E-state index in [-0.39, 0.29) is 24.3 Å². The Labute approximate surface area is 123 Å². The van der Waals surface area contributed by atoms with E-state index in [0.29, 0.717) is 6.54 Å². The van der Waals surface area contributed by atoms with Crippen molar-refractivity contribution in [3.63, 3.8) is 0 Å². The van der Waals surface area contributed by atoms with Crippen molar-refractivity contribution in [3.8, 4) is 0 Å². The van der Waals surface area contributed by atoms with Crippen molar-refractivity contribution in [2.75, 3.05) is 6.54 Å². The number of nitrogens with two attached hydrogens (primary N) is 1. The van der Waals surface area contributed by atoms with Crippen LogP contribution in [0.1, 0.15) is 18.4 Å². The lowest BCUT2D eigenvalue weighted by Gasteiger charge is -2.37. The molecule has 1 atom stereocenters. The van der Waals surface area contributed by atoms with Crippen LogP contribution in [-0.2, 0) is 11.2 Å². The molecule has 1 aliphatic heterocycles. The van der Waals surface area contributed by atoms with Crippen LogP contribution >= 0.6 is 0 Å². The summed E-state index contributed by atoms with van der Waals surface area (Å²) in [7, 11) is 0. The first-order valence-electron chi connectivity index (χ1n) is 7.48. The number of rotatable bonds is 3. The Balaban J connectivity index is 1.47. The average molecular weight is 285 g/mol. The maximum atomic E-state index is 12.0. The monoisotopic (exact) mass is 285 g/mol. The molecule has 0 spiro atoms. The van der Waals surface area contributed by atoms with Gasteiger partial charge in [0.25, 0.3) is 0 Å². The van der Waals surface area contributed by atoms with E-state index in [1.54, 1.807) is 0 Å². The van der Waals surface area contributed by atoms with Crippen LogP contribution in [-0.4, -0.2) is 40.7 Å². The van der Waals surface area contributed by atoms with Gasteiger partial charge < -0.3 is 20.4 Å². The lowest BCUT2D eigenvalue weighted by Crippen LogP contribution is -2.51. The second-order valence-corrected chi connectivity index (χ2v) is 6.11. The van der Waals surface area contributed by atoms with E-state index in [1.807, 2.05) is 23.2 Å². The van der Waals surface area contributed by atoms with Crippen LogP contribution in [0.2, 0.25) is 0 Å². The van der Waals surface area contributed by atoms with Gasteiger partial charge in [-0.3, -0.25) is 0 Å². The maximum Gasteiger partial charge on any atom is 0.410 e. The minimum atomic E-state index is -0.184. The Morgan fingerprint density at radius 3 is 2.95 bits per heavy atom. The van der Waals surface area contributed by atoms with Crippen molar-refractivity contribution in [1.82, 2.24) is 9.88 Å². The summed E-state index contributed by atoms with van der Waals surface area (Å²) in [4.78, 5) is 17.1. The van der Waals surface area contributed by atoms with Crippen molar-refractivity contribution in [3.05, 3.63) is 36.0 Å². The summed E-state index contributed by atoms with van der Waals surface area (Å²) in [5.74, 6) is 0. The number of carbonyl (C=O) groups is 1. The highest BCUT2D eigenvalue weighted by atomic mass is 16.6. The maximum absolute atomic E-state index is 12.0. The second kappa shape index (κ2) is 4.77. The molecule has 1 aliphatic carbocycles.